The first kappa shape index (κ1) is 20.3. The zero-order valence-corrected chi connectivity index (χ0v) is 16.0. The summed E-state index contributed by atoms with van der Waals surface area (Å²) in [6, 6.07) is 22.2. The van der Waals surface area contributed by atoms with Crippen molar-refractivity contribution in [2.45, 2.75) is 6.92 Å². The average molecular weight is 399 g/mol. The molecule has 0 atom stereocenters. The molecule has 1 amide bonds. The molecule has 0 aliphatic heterocycles. The fraction of sp³-hybridized carbons (Fsp3) is 0.0435. The van der Waals surface area contributed by atoms with Crippen molar-refractivity contribution in [3.8, 4) is 17.6 Å². The highest BCUT2D eigenvalue weighted by molar-refractivity contribution is 6.10. The number of carbonyl (C=O) groups excluding carboxylic acids is 1. The summed E-state index contributed by atoms with van der Waals surface area (Å²) in [5.74, 6) is 0.633. The number of nitro groups is 1. The second-order valence-corrected chi connectivity index (χ2v) is 6.37. The van der Waals surface area contributed by atoms with Gasteiger partial charge < -0.3 is 10.1 Å². The first-order valence-corrected chi connectivity index (χ1v) is 8.97. The molecule has 3 aromatic carbocycles. The number of para-hydroxylation sites is 1. The topological polar surface area (TPSA) is 105 Å². The molecule has 148 valence electrons. The third kappa shape index (κ3) is 5.09. The molecule has 0 unspecified atom stereocenters. The Morgan fingerprint density at radius 2 is 1.80 bits per heavy atom. The summed E-state index contributed by atoms with van der Waals surface area (Å²) in [7, 11) is 0. The van der Waals surface area contributed by atoms with Crippen molar-refractivity contribution in [1.82, 2.24) is 0 Å². The molecule has 0 heterocycles. The monoisotopic (exact) mass is 399 g/mol. The van der Waals surface area contributed by atoms with E-state index in [9.17, 15) is 20.2 Å². The number of hydrogen-bond acceptors (Lipinski definition) is 5. The zero-order chi connectivity index (χ0) is 21.5. The lowest BCUT2D eigenvalue weighted by Crippen LogP contribution is -2.14. The molecule has 0 aliphatic carbocycles. The predicted molar refractivity (Wildman–Crippen MR) is 113 cm³/mol. The summed E-state index contributed by atoms with van der Waals surface area (Å²) in [6.07, 6.45) is 1.45. The Bertz CT molecular complexity index is 1160. The van der Waals surface area contributed by atoms with Gasteiger partial charge in [-0.15, -0.1) is 0 Å². The van der Waals surface area contributed by atoms with E-state index in [0.717, 1.165) is 0 Å². The van der Waals surface area contributed by atoms with Crippen molar-refractivity contribution in [2.75, 3.05) is 5.32 Å². The van der Waals surface area contributed by atoms with E-state index in [1.165, 1.54) is 24.3 Å². The fourth-order valence-corrected chi connectivity index (χ4v) is 2.70. The van der Waals surface area contributed by atoms with Crippen molar-refractivity contribution in [1.29, 1.82) is 5.26 Å². The largest absolute Gasteiger partial charge is 0.457 e. The Balaban J connectivity index is 1.78. The van der Waals surface area contributed by atoms with Crippen LogP contribution >= 0.6 is 0 Å². The predicted octanol–water partition coefficient (Wildman–Crippen LogP) is 5.24. The maximum atomic E-state index is 12.5. The van der Waals surface area contributed by atoms with E-state index in [1.807, 2.05) is 36.4 Å². The minimum Gasteiger partial charge on any atom is -0.457 e. The lowest BCUT2D eigenvalue weighted by molar-refractivity contribution is -0.384. The second-order valence-electron chi connectivity index (χ2n) is 6.37. The molecule has 0 aliphatic rings. The number of aryl methyl sites for hydroxylation is 1. The van der Waals surface area contributed by atoms with E-state index in [-0.39, 0.29) is 11.3 Å². The van der Waals surface area contributed by atoms with Gasteiger partial charge in [0.2, 0.25) is 0 Å². The molecule has 0 saturated heterocycles. The number of amides is 1. The molecule has 0 fully saturated rings. The number of non-ortho nitro benzene ring substituents is 1. The minimum absolute atomic E-state index is 0.0724. The number of nitriles is 1. The Morgan fingerprint density at radius 1 is 1.07 bits per heavy atom. The Kier molecular flexibility index (Phi) is 6.20. The van der Waals surface area contributed by atoms with Gasteiger partial charge in [0, 0.05) is 17.8 Å². The Hall–Kier alpha value is -4.44. The lowest BCUT2D eigenvalue weighted by atomic mass is 10.1. The summed E-state index contributed by atoms with van der Waals surface area (Å²) in [5.41, 5.74) is 1.36. The highest BCUT2D eigenvalue weighted by Crippen LogP contribution is 2.24. The van der Waals surface area contributed by atoms with Crippen LogP contribution in [-0.2, 0) is 4.79 Å². The van der Waals surface area contributed by atoms with Crippen LogP contribution in [0.3, 0.4) is 0 Å². The summed E-state index contributed by atoms with van der Waals surface area (Å²) >= 11 is 0. The molecule has 30 heavy (non-hydrogen) atoms. The van der Waals surface area contributed by atoms with Gasteiger partial charge in [-0.1, -0.05) is 30.3 Å². The summed E-state index contributed by atoms with van der Waals surface area (Å²) in [5, 5.41) is 22.9. The van der Waals surface area contributed by atoms with Gasteiger partial charge in [0.05, 0.1) is 4.92 Å². The summed E-state index contributed by atoms with van der Waals surface area (Å²) < 4.78 is 5.77. The molecule has 1 N–H and O–H groups in total. The third-order valence-electron chi connectivity index (χ3n) is 4.18. The molecule has 7 nitrogen and oxygen atoms in total. The van der Waals surface area contributed by atoms with Crippen molar-refractivity contribution in [3.63, 3.8) is 0 Å². The first-order valence-electron chi connectivity index (χ1n) is 8.97. The molecule has 3 rings (SSSR count). The molecule has 7 heteroatoms. The van der Waals surface area contributed by atoms with Crippen LogP contribution in [0.15, 0.2) is 78.4 Å². The number of benzene rings is 3. The number of hydrogen-bond donors (Lipinski definition) is 1. The Morgan fingerprint density at radius 3 is 2.47 bits per heavy atom. The number of nitrogens with one attached hydrogen (secondary N) is 1. The molecule has 0 spiro atoms. The van der Waals surface area contributed by atoms with Gasteiger partial charge in [0.15, 0.2) is 0 Å². The van der Waals surface area contributed by atoms with Crippen molar-refractivity contribution in [3.05, 3.63) is 99.6 Å². The van der Waals surface area contributed by atoms with Gasteiger partial charge in [0.1, 0.15) is 23.1 Å². The quantitative estimate of drug-likeness (QED) is 0.264. The second kappa shape index (κ2) is 9.17. The molecule has 0 radical (unpaired) electrons. The summed E-state index contributed by atoms with van der Waals surface area (Å²) in [6.45, 7) is 1.64. The van der Waals surface area contributed by atoms with E-state index in [1.54, 1.807) is 31.2 Å². The maximum Gasteiger partial charge on any atom is 0.269 e. The number of rotatable bonds is 6. The number of nitrogens with zero attached hydrogens (tertiary/aromatic N) is 2. The maximum absolute atomic E-state index is 12.5. The van der Waals surface area contributed by atoms with E-state index >= 15 is 0 Å². The van der Waals surface area contributed by atoms with E-state index < -0.39 is 10.8 Å². The normalized spacial score (nSPS) is 10.7. The van der Waals surface area contributed by atoms with Gasteiger partial charge >= 0.3 is 0 Å². The average Bonchev–Trinajstić information content (AvgIpc) is 2.74. The van der Waals surface area contributed by atoms with Gasteiger partial charge in [-0.05, 0) is 54.5 Å². The molecule has 0 bridgehead atoms. The van der Waals surface area contributed by atoms with E-state index in [4.69, 9.17) is 4.74 Å². The van der Waals surface area contributed by atoms with Crippen LogP contribution in [0.1, 0.15) is 11.1 Å². The van der Waals surface area contributed by atoms with Gasteiger partial charge in [-0.3, -0.25) is 14.9 Å². The van der Waals surface area contributed by atoms with E-state index in [0.29, 0.717) is 28.3 Å². The standard InChI is InChI=1S/C23H17N3O4/c1-16-12-19(26(28)29)10-11-22(16)25-23(27)18(15-24)13-17-6-5-9-21(14-17)30-20-7-3-2-4-8-20/h2-14H,1H3,(H,25,27)/b18-13+. The molecule has 3 aromatic rings. The van der Waals surface area contributed by atoms with E-state index in [2.05, 4.69) is 5.32 Å². The number of nitro benzene ring substituents is 1. The molecule has 0 saturated carbocycles. The molecular weight excluding hydrogens is 382 g/mol. The zero-order valence-electron chi connectivity index (χ0n) is 16.0. The smallest absolute Gasteiger partial charge is 0.269 e. The first-order chi connectivity index (χ1) is 14.5. The van der Waals surface area contributed by atoms with Crippen LogP contribution in [-0.4, -0.2) is 10.8 Å². The van der Waals surface area contributed by atoms with Crippen molar-refractivity contribution < 1.29 is 14.5 Å². The number of anilines is 1. The van der Waals surface area contributed by atoms with Crippen LogP contribution in [0.2, 0.25) is 0 Å². The summed E-state index contributed by atoms with van der Waals surface area (Å²) in [4.78, 5) is 22.9. The van der Waals surface area contributed by atoms with Gasteiger partial charge in [-0.2, -0.15) is 5.26 Å². The SMILES string of the molecule is Cc1cc([N+](=O)[O-])ccc1NC(=O)/C(C#N)=C/c1cccc(Oc2ccccc2)c1. The van der Waals surface area contributed by atoms with Crippen molar-refractivity contribution in [2.24, 2.45) is 0 Å². The van der Waals surface area contributed by atoms with Gasteiger partial charge in [0.25, 0.3) is 11.6 Å². The van der Waals surface area contributed by atoms with Crippen LogP contribution in [0.25, 0.3) is 6.08 Å². The van der Waals surface area contributed by atoms with Crippen LogP contribution in [0.5, 0.6) is 11.5 Å². The van der Waals surface area contributed by atoms with Crippen molar-refractivity contribution >= 4 is 23.4 Å². The number of carbonyl (C=O) groups is 1. The fourth-order valence-electron chi connectivity index (χ4n) is 2.70. The van der Waals surface area contributed by atoms with Crippen LogP contribution < -0.4 is 10.1 Å². The minimum atomic E-state index is -0.608. The van der Waals surface area contributed by atoms with Crippen LogP contribution in [0, 0.1) is 28.4 Å². The van der Waals surface area contributed by atoms with Gasteiger partial charge in [-0.25, -0.2) is 0 Å². The van der Waals surface area contributed by atoms with Crippen LogP contribution in [0.4, 0.5) is 11.4 Å². The Labute approximate surface area is 173 Å². The lowest BCUT2D eigenvalue weighted by Gasteiger charge is -2.08. The highest BCUT2D eigenvalue weighted by atomic mass is 16.6. The number of ether oxygens (including phenoxy) is 1. The third-order valence-corrected chi connectivity index (χ3v) is 4.18. The molecular formula is C23H17N3O4. The highest BCUT2D eigenvalue weighted by Gasteiger charge is 2.13. The molecule has 0 aromatic heterocycles.